The van der Waals surface area contributed by atoms with Gasteiger partial charge in [-0.05, 0) is 47.5 Å². The monoisotopic (exact) mass is 235 g/mol. The maximum Gasteiger partial charge on any atom is 0.0870 e. The van der Waals surface area contributed by atoms with E-state index in [2.05, 4.69) is 16.0 Å². The van der Waals surface area contributed by atoms with E-state index >= 15 is 0 Å². The van der Waals surface area contributed by atoms with Crippen LogP contribution >= 0.6 is 0 Å². The fourth-order valence-electron chi connectivity index (χ4n) is 1.97. The first kappa shape index (κ1) is 10.6. The van der Waals surface area contributed by atoms with Crippen molar-refractivity contribution in [3.63, 3.8) is 0 Å². The van der Waals surface area contributed by atoms with Crippen molar-refractivity contribution >= 4 is 5.69 Å². The van der Waals surface area contributed by atoms with Gasteiger partial charge in [0.1, 0.15) is 0 Å². The van der Waals surface area contributed by atoms with Gasteiger partial charge in [-0.2, -0.15) is 0 Å². The van der Waals surface area contributed by atoms with Gasteiger partial charge in [0.15, 0.2) is 0 Å². The third kappa shape index (κ3) is 1.98. The Morgan fingerprint density at radius 2 is 1.83 bits per heavy atom. The van der Waals surface area contributed by atoms with E-state index in [0.717, 1.165) is 28.2 Å². The molecule has 1 aromatic carbocycles. The zero-order valence-electron chi connectivity index (χ0n) is 9.80. The Bertz CT molecular complexity index is 657. The molecule has 0 saturated heterocycles. The molecule has 0 spiro atoms. The summed E-state index contributed by atoms with van der Waals surface area (Å²) in [4.78, 5) is 7.52. The minimum Gasteiger partial charge on any atom is -0.399 e. The van der Waals surface area contributed by atoms with E-state index in [4.69, 9.17) is 5.73 Å². The molecule has 3 nitrogen and oxygen atoms in total. The minimum atomic E-state index is 0.769. The molecule has 0 aliphatic carbocycles. The first-order chi connectivity index (χ1) is 8.83. The number of anilines is 1. The number of nitrogens with two attached hydrogens (primary N) is 1. The van der Waals surface area contributed by atoms with Gasteiger partial charge in [-0.25, -0.2) is 0 Å². The van der Waals surface area contributed by atoms with Gasteiger partial charge in [-0.15, -0.1) is 0 Å². The van der Waals surface area contributed by atoms with Gasteiger partial charge >= 0.3 is 0 Å². The third-order valence-electron chi connectivity index (χ3n) is 2.85. The van der Waals surface area contributed by atoms with Crippen LogP contribution in [0, 0.1) is 0 Å². The number of hydrogen-bond acceptors (Lipinski definition) is 2. The zero-order chi connectivity index (χ0) is 12.4. The summed E-state index contributed by atoms with van der Waals surface area (Å²) in [5, 5.41) is 0. The smallest absolute Gasteiger partial charge is 0.0870 e. The topological polar surface area (TPSA) is 54.7 Å². The molecule has 3 aromatic rings. The molecule has 2 heterocycles. The van der Waals surface area contributed by atoms with Gasteiger partial charge in [0.05, 0.1) is 11.4 Å². The van der Waals surface area contributed by atoms with Crippen LogP contribution in [0.15, 0.2) is 60.9 Å². The molecule has 18 heavy (non-hydrogen) atoms. The van der Waals surface area contributed by atoms with E-state index in [1.54, 1.807) is 0 Å². The lowest BCUT2D eigenvalue weighted by Gasteiger charge is -2.04. The van der Waals surface area contributed by atoms with Crippen LogP contribution in [0.5, 0.6) is 0 Å². The number of H-pyrrole nitrogens is 1. The fourth-order valence-corrected chi connectivity index (χ4v) is 1.97. The Balaban J connectivity index is 2.06. The highest BCUT2D eigenvalue weighted by Gasteiger charge is 2.03. The molecule has 0 fully saturated rings. The first-order valence-electron chi connectivity index (χ1n) is 5.79. The van der Waals surface area contributed by atoms with E-state index in [-0.39, 0.29) is 0 Å². The highest BCUT2D eigenvalue weighted by Crippen LogP contribution is 2.24. The normalized spacial score (nSPS) is 10.4. The van der Waals surface area contributed by atoms with Crippen molar-refractivity contribution in [2.75, 3.05) is 5.73 Å². The highest BCUT2D eigenvalue weighted by molar-refractivity contribution is 5.71. The van der Waals surface area contributed by atoms with E-state index in [9.17, 15) is 0 Å². The summed E-state index contributed by atoms with van der Waals surface area (Å²) in [5.74, 6) is 0. The minimum absolute atomic E-state index is 0.769. The molecule has 3 rings (SSSR count). The van der Waals surface area contributed by atoms with Crippen LogP contribution in [0.4, 0.5) is 5.69 Å². The summed E-state index contributed by atoms with van der Waals surface area (Å²) in [5.41, 5.74) is 10.7. The molecular weight excluding hydrogens is 222 g/mol. The summed E-state index contributed by atoms with van der Waals surface area (Å²) >= 11 is 0. The lowest BCUT2D eigenvalue weighted by atomic mass is 10.0. The van der Waals surface area contributed by atoms with Crippen LogP contribution in [-0.2, 0) is 0 Å². The molecule has 0 atom stereocenters. The van der Waals surface area contributed by atoms with Gasteiger partial charge in [0.2, 0.25) is 0 Å². The standard InChI is InChI=1S/C15H13N3/c16-13-4-1-3-11(9-13)12-6-8-18-15(10-12)14-5-2-7-17-14/h1-10,17H,16H2. The Kier molecular flexibility index (Phi) is 2.57. The Morgan fingerprint density at radius 1 is 0.944 bits per heavy atom. The summed E-state index contributed by atoms with van der Waals surface area (Å²) < 4.78 is 0. The maximum atomic E-state index is 5.81. The quantitative estimate of drug-likeness (QED) is 0.669. The molecule has 3 N–H and O–H groups in total. The molecule has 3 heteroatoms. The predicted molar refractivity (Wildman–Crippen MR) is 73.9 cm³/mol. The molecule has 88 valence electrons. The van der Waals surface area contributed by atoms with Gasteiger partial charge in [-0.1, -0.05) is 12.1 Å². The Labute approximate surface area is 105 Å². The number of nitrogens with zero attached hydrogens (tertiary/aromatic N) is 1. The second kappa shape index (κ2) is 4.37. The summed E-state index contributed by atoms with van der Waals surface area (Å²) in [6.45, 7) is 0. The molecule has 0 radical (unpaired) electrons. The SMILES string of the molecule is Nc1cccc(-c2ccnc(-c3ccc[nH]3)c2)c1. The molecule has 0 bridgehead atoms. The third-order valence-corrected chi connectivity index (χ3v) is 2.85. The van der Waals surface area contributed by atoms with Crippen molar-refractivity contribution in [3.05, 3.63) is 60.9 Å². The van der Waals surface area contributed by atoms with Crippen LogP contribution in [-0.4, -0.2) is 9.97 Å². The van der Waals surface area contributed by atoms with E-state index in [0.29, 0.717) is 0 Å². The number of nitrogens with one attached hydrogen (secondary N) is 1. The van der Waals surface area contributed by atoms with E-state index < -0.39 is 0 Å². The van der Waals surface area contributed by atoms with Crippen molar-refractivity contribution in [1.29, 1.82) is 0 Å². The number of aromatic nitrogens is 2. The van der Waals surface area contributed by atoms with Gasteiger partial charge in [0.25, 0.3) is 0 Å². The molecule has 0 aliphatic rings. The average molecular weight is 235 g/mol. The second-order valence-electron chi connectivity index (χ2n) is 4.14. The Hall–Kier alpha value is -2.55. The molecular formula is C15H13N3. The number of pyridine rings is 1. The molecule has 0 aliphatic heterocycles. The largest absolute Gasteiger partial charge is 0.399 e. The molecule has 0 unspecified atom stereocenters. The van der Waals surface area contributed by atoms with Crippen molar-refractivity contribution in [1.82, 2.24) is 9.97 Å². The van der Waals surface area contributed by atoms with Gasteiger partial charge in [-0.3, -0.25) is 4.98 Å². The zero-order valence-corrected chi connectivity index (χ0v) is 9.80. The number of hydrogen-bond donors (Lipinski definition) is 2. The second-order valence-corrected chi connectivity index (χ2v) is 4.14. The molecule has 0 saturated carbocycles. The van der Waals surface area contributed by atoms with E-state index in [1.165, 1.54) is 0 Å². The van der Waals surface area contributed by atoms with Crippen molar-refractivity contribution in [2.45, 2.75) is 0 Å². The number of aromatic amines is 1. The number of rotatable bonds is 2. The number of nitrogen functional groups attached to an aromatic ring is 1. The van der Waals surface area contributed by atoms with Crippen LogP contribution in [0.3, 0.4) is 0 Å². The van der Waals surface area contributed by atoms with Crippen molar-refractivity contribution in [2.24, 2.45) is 0 Å². The summed E-state index contributed by atoms with van der Waals surface area (Å²) in [7, 11) is 0. The predicted octanol–water partition coefficient (Wildman–Crippen LogP) is 3.33. The van der Waals surface area contributed by atoms with Gasteiger partial charge in [0, 0.05) is 18.1 Å². The van der Waals surface area contributed by atoms with Crippen LogP contribution in [0.25, 0.3) is 22.5 Å². The van der Waals surface area contributed by atoms with E-state index in [1.807, 2.05) is 54.9 Å². The molecule has 2 aromatic heterocycles. The van der Waals surface area contributed by atoms with Crippen LogP contribution in [0.1, 0.15) is 0 Å². The lowest BCUT2D eigenvalue weighted by molar-refractivity contribution is 1.28. The van der Waals surface area contributed by atoms with Crippen LogP contribution in [0.2, 0.25) is 0 Å². The number of benzene rings is 1. The summed E-state index contributed by atoms with van der Waals surface area (Å²) in [6.07, 6.45) is 3.71. The highest BCUT2D eigenvalue weighted by atomic mass is 14.8. The Morgan fingerprint density at radius 3 is 2.61 bits per heavy atom. The maximum absolute atomic E-state index is 5.81. The first-order valence-corrected chi connectivity index (χ1v) is 5.79. The fraction of sp³-hybridized carbons (Fsp3) is 0. The molecule has 0 amide bonds. The summed E-state index contributed by atoms with van der Waals surface area (Å²) in [6, 6.07) is 15.9. The average Bonchev–Trinajstić information content (AvgIpc) is 2.93. The van der Waals surface area contributed by atoms with Gasteiger partial charge < -0.3 is 10.7 Å². The van der Waals surface area contributed by atoms with Crippen molar-refractivity contribution < 1.29 is 0 Å². The van der Waals surface area contributed by atoms with Crippen molar-refractivity contribution in [3.8, 4) is 22.5 Å². The van der Waals surface area contributed by atoms with Crippen LogP contribution < -0.4 is 5.73 Å². The lowest BCUT2D eigenvalue weighted by Crippen LogP contribution is -1.87.